The zero-order valence-electron chi connectivity index (χ0n) is 11.2. The van der Waals surface area contributed by atoms with Crippen molar-refractivity contribution in [2.45, 2.75) is 39.7 Å². The molecule has 1 rings (SSSR count). The number of hydrogen-bond donors (Lipinski definition) is 2. The standard InChI is InChI=1S/C14H23NO2/c1-5-17-14-7-9(2)12(6-10(14)3)11(4)13(16)8-15/h6-7,11,13,16H,5,8,15H2,1-4H3. The molecule has 1 aromatic rings. The number of ether oxygens (including phenoxy) is 1. The van der Waals surface area contributed by atoms with Crippen LogP contribution in [0, 0.1) is 13.8 Å². The highest BCUT2D eigenvalue weighted by atomic mass is 16.5. The van der Waals surface area contributed by atoms with E-state index in [1.54, 1.807) is 0 Å². The molecule has 2 atom stereocenters. The molecule has 3 heteroatoms. The van der Waals surface area contributed by atoms with Crippen LogP contribution < -0.4 is 10.5 Å². The van der Waals surface area contributed by atoms with Crippen LogP contribution in [0.3, 0.4) is 0 Å². The number of aliphatic hydroxyl groups is 1. The van der Waals surface area contributed by atoms with Gasteiger partial charge in [-0.05, 0) is 43.5 Å². The maximum Gasteiger partial charge on any atom is 0.122 e. The van der Waals surface area contributed by atoms with Crippen molar-refractivity contribution in [3.63, 3.8) is 0 Å². The molecule has 3 nitrogen and oxygen atoms in total. The van der Waals surface area contributed by atoms with E-state index < -0.39 is 6.10 Å². The van der Waals surface area contributed by atoms with E-state index in [9.17, 15) is 5.11 Å². The minimum absolute atomic E-state index is 0.0503. The average Bonchev–Trinajstić information content (AvgIpc) is 2.31. The molecular formula is C14H23NO2. The predicted octanol–water partition coefficient (Wildman–Crippen LogP) is 2.13. The molecule has 0 saturated heterocycles. The fourth-order valence-corrected chi connectivity index (χ4v) is 2.02. The van der Waals surface area contributed by atoms with E-state index in [2.05, 4.69) is 6.07 Å². The summed E-state index contributed by atoms with van der Waals surface area (Å²) in [4.78, 5) is 0. The number of rotatable bonds is 5. The molecule has 0 spiro atoms. The van der Waals surface area contributed by atoms with Crippen molar-refractivity contribution in [1.29, 1.82) is 0 Å². The molecule has 0 aliphatic carbocycles. The van der Waals surface area contributed by atoms with E-state index >= 15 is 0 Å². The maximum atomic E-state index is 9.81. The SMILES string of the molecule is CCOc1cc(C)c(C(C)C(O)CN)cc1C. The second-order valence-corrected chi connectivity index (χ2v) is 4.50. The van der Waals surface area contributed by atoms with Crippen LogP contribution in [0.2, 0.25) is 0 Å². The van der Waals surface area contributed by atoms with Gasteiger partial charge in [-0.15, -0.1) is 0 Å². The number of aliphatic hydroxyl groups excluding tert-OH is 1. The summed E-state index contributed by atoms with van der Waals surface area (Å²) >= 11 is 0. The molecule has 1 aromatic carbocycles. The van der Waals surface area contributed by atoms with E-state index in [-0.39, 0.29) is 12.5 Å². The molecule has 0 fully saturated rings. The van der Waals surface area contributed by atoms with Crippen LogP contribution in [0.15, 0.2) is 12.1 Å². The Hall–Kier alpha value is -1.06. The van der Waals surface area contributed by atoms with Crippen LogP contribution in [-0.2, 0) is 0 Å². The van der Waals surface area contributed by atoms with Crippen LogP contribution >= 0.6 is 0 Å². The minimum atomic E-state index is -0.494. The Morgan fingerprint density at radius 1 is 1.29 bits per heavy atom. The third-order valence-corrected chi connectivity index (χ3v) is 3.17. The normalized spacial score (nSPS) is 14.5. The molecular weight excluding hydrogens is 214 g/mol. The van der Waals surface area contributed by atoms with Gasteiger partial charge in [-0.3, -0.25) is 0 Å². The Balaban J connectivity index is 3.06. The van der Waals surface area contributed by atoms with Gasteiger partial charge in [0, 0.05) is 12.5 Å². The lowest BCUT2D eigenvalue weighted by Crippen LogP contribution is -2.26. The molecule has 0 saturated carbocycles. The van der Waals surface area contributed by atoms with E-state index in [4.69, 9.17) is 10.5 Å². The first-order valence-corrected chi connectivity index (χ1v) is 6.13. The van der Waals surface area contributed by atoms with E-state index in [1.807, 2.05) is 33.8 Å². The largest absolute Gasteiger partial charge is 0.494 e. The van der Waals surface area contributed by atoms with Crippen LogP contribution in [0.4, 0.5) is 0 Å². The highest BCUT2D eigenvalue weighted by molar-refractivity contribution is 5.43. The Labute approximate surface area is 104 Å². The Bertz CT molecular complexity index is 377. The van der Waals surface area contributed by atoms with Gasteiger partial charge in [-0.2, -0.15) is 0 Å². The van der Waals surface area contributed by atoms with Crippen LogP contribution in [0.5, 0.6) is 5.75 Å². The number of benzene rings is 1. The molecule has 0 aliphatic heterocycles. The van der Waals surface area contributed by atoms with Gasteiger partial charge in [-0.25, -0.2) is 0 Å². The lowest BCUT2D eigenvalue weighted by molar-refractivity contribution is 0.157. The van der Waals surface area contributed by atoms with Gasteiger partial charge in [-0.1, -0.05) is 13.0 Å². The Morgan fingerprint density at radius 2 is 1.94 bits per heavy atom. The summed E-state index contributed by atoms with van der Waals surface area (Å²) < 4.78 is 5.55. The van der Waals surface area contributed by atoms with Crippen molar-refractivity contribution >= 4 is 0 Å². The molecule has 0 bridgehead atoms. The molecule has 0 aliphatic rings. The topological polar surface area (TPSA) is 55.5 Å². The molecule has 3 N–H and O–H groups in total. The highest BCUT2D eigenvalue weighted by Crippen LogP contribution is 2.29. The summed E-state index contributed by atoms with van der Waals surface area (Å²) in [5.74, 6) is 0.970. The number of aryl methyl sites for hydroxylation is 2. The Kier molecular flexibility index (Phi) is 4.97. The van der Waals surface area contributed by atoms with Crippen molar-refractivity contribution < 1.29 is 9.84 Å². The fourth-order valence-electron chi connectivity index (χ4n) is 2.02. The van der Waals surface area contributed by atoms with Crippen molar-refractivity contribution in [1.82, 2.24) is 0 Å². The van der Waals surface area contributed by atoms with Crippen molar-refractivity contribution in [2.75, 3.05) is 13.2 Å². The van der Waals surface area contributed by atoms with Crippen molar-refractivity contribution in [3.8, 4) is 5.75 Å². The zero-order chi connectivity index (χ0) is 13.0. The second-order valence-electron chi connectivity index (χ2n) is 4.50. The molecule has 0 aromatic heterocycles. The predicted molar refractivity (Wildman–Crippen MR) is 70.6 cm³/mol. The third kappa shape index (κ3) is 3.20. The molecule has 2 unspecified atom stereocenters. The molecule has 17 heavy (non-hydrogen) atoms. The van der Waals surface area contributed by atoms with Gasteiger partial charge in [0.25, 0.3) is 0 Å². The summed E-state index contributed by atoms with van der Waals surface area (Å²) in [6.45, 7) is 8.99. The minimum Gasteiger partial charge on any atom is -0.494 e. The average molecular weight is 237 g/mol. The third-order valence-electron chi connectivity index (χ3n) is 3.17. The molecule has 96 valence electrons. The Morgan fingerprint density at radius 3 is 2.47 bits per heavy atom. The van der Waals surface area contributed by atoms with Gasteiger partial charge in [0.2, 0.25) is 0 Å². The smallest absolute Gasteiger partial charge is 0.122 e. The number of hydrogen-bond acceptors (Lipinski definition) is 3. The quantitative estimate of drug-likeness (QED) is 0.824. The summed E-state index contributed by atoms with van der Waals surface area (Å²) in [6, 6.07) is 4.12. The van der Waals surface area contributed by atoms with Gasteiger partial charge < -0.3 is 15.6 Å². The summed E-state index contributed by atoms with van der Waals surface area (Å²) in [5, 5.41) is 9.81. The summed E-state index contributed by atoms with van der Waals surface area (Å²) in [7, 11) is 0. The van der Waals surface area contributed by atoms with Crippen molar-refractivity contribution in [2.24, 2.45) is 5.73 Å². The summed E-state index contributed by atoms with van der Waals surface area (Å²) in [5.41, 5.74) is 8.88. The second kappa shape index (κ2) is 6.03. The first kappa shape index (κ1) is 14.0. The van der Waals surface area contributed by atoms with Crippen LogP contribution in [-0.4, -0.2) is 24.4 Å². The summed E-state index contributed by atoms with van der Waals surface area (Å²) in [6.07, 6.45) is -0.494. The first-order valence-electron chi connectivity index (χ1n) is 6.13. The van der Waals surface area contributed by atoms with Crippen LogP contribution in [0.1, 0.15) is 36.5 Å². The first-order chi connectivity index (χ1) is 8.01. The van der Waals surface area contributed by atoms with E-state index in [0.29, 0.717) is 6.61 Å². The maximum absolute atomic E-state index is 9.81. The zero-order valence-corrected chi connectivity index (χ0v) is 11.2. The van der Waals surface area contributed by atoms with Gasteiger partial charge >= 0.3 is 0 Å². The fraction of sp³-hybridized carbons (Fsp3) is 0.571. The van der Waals surface area contributed by atoms with Crippen LogP contribution in [0.25, 0.3) is 0 Å². The van der Waals surface area contributed by atoms with Crippen molar-refractivity contribution in [3.05, 3.63) is 28.8 Å². The lowest BCUT2D eigenvalue weighted by atomic mass is 9.90. The van der Waals surface area contributed by atoms with E-state index in [0.717, 1.165) is 22.4 Å². The van der Waals surface area contributed by atoms with E-state index in [1.165, 1.54) is 0 Å². The molecule has 0 heterocycles. The lowest BCUT2D eigenvalue weighted by Gasteiger charge is -2.21. The number of nitrogens with two attached hydrogens (primary N) is 1. The molecule has 0 amide bonds. The van der Waals surface area contributed by atoms with Gasteiger partial charge in [0.15, 0.2) is 0 Å². The monoisotopic (exact) mass is 237 g/mol. The molecule has 0 radical (unpaired) electrons. The highest BCUT2D eigenvalue weighted by Gasteiger charge is 2.18. The van der Waals surface area contributed by atoms with Gasteiger partial charge in [0.1, 0.15) is 5.75 Å². The van der Waals surface area contributed by atoms with Gasteiger partial charge in [0.05, 0.1) is 12.7 Å².